The first-order chi connectivity index (χ1) is 17.2. The number of ether oxygens (including phenoxy) is 2. The van der Waals surface area contributed by atoms with Crippen molar-refractivity contribution < 1.29 is 37.2 Å². The number of nitrogens with one attached hydrogen (secondary N) is 2. The molecule has 14 nitrogen and oxygen atoms in total. The number of fused-ring (bicyclic) bond motifs is 1. The van der Waals surface area contributed by atoms with Gasteiger partial charge in [0, 0.05) is 25.2 Å². The summed E-state index contributed by atoms with van der Waals surface area (Å²) in [5, 5.41) is 15.1. The van der Waals surface area contributed by atoms with Crippen molar-refractivity contribution in [3.05, 3.63) is 34.4 Å². The standard InChI is InChI=1S/C22H31N5O9S/c1-5-35-20(29)17-11-10-14-12-25(24-37(33,34)18-9-7-6-8-16(18)27(31)32)13-15(19(28)26(14)17)23-21(30)36-22(2,3)4/h6-9,14-15,17,24H,5,10-13H2,1-4H3,(H,23,30). The molecule has 3 atom stereocenters. The second kappa shape index (κ2) is 11.0. The Balaban J connectivity index is 1.93. The molecule has 2 aliphatic heterocycles. The topological polar surface area (TPSA) is 177 Å². The van der Waals surface area contributed by atoms with Gasteiger partial charge in [-0.1, -0.05) is 12.1 Å². The van der Waals surface area contributed by atoms with Crippen LogP contribution in [0.4, 0.5) is 10.5 Å². The summed E-state index contributed by atoms with van der Waals surface area (Å²) in [5.74, 6) is -1.19. The Bertz CT molecular complexity index is 1170. The quantitative estimate of drug-likeness (QED) is 0.286. The molecule has 0 aromatic heterocycles. The number of hydrogen-bond acceptors (Lipinski definition) is 10. The monoisotopic (exact) mass is 541 g/mol. The van der Waals surface area contributed by atoms with Gasteiger partial charge in [0.25, 0.3) is 15.7 Å². The average Bonchev–Trinajstić information content (AvgIpc) is 3.15. The van der Waals surface area contributed by atoms with E-state index in [-0.39, 0.29) is 19.7 Å². The van der Waals surface area contributed by atoms with Crippen LogP contribution < -0.4 is 10.1 Å². The molecule has 0 aliphatic carbocycles. The van der Waals surface area contributed by atoms with E-state index in [2.05, 4.69) is 10.1 Å². The number of carbonyl (C=O) groups excluding carboxylic acids is 3. The first-order valence-corrected chi connectivity index (χ1v) is 13.2. The van der Waals surface area contributed by atoms with Crippen molar-refractivity contribution in [2.24, 2.45) is 0 Å². The molecular formula is C22H31N5O9S. The summed E-state index contributed by atoms with van der Waals surface area (Å²) in [5.41, 5.74) is -1.48. The Morgan fingerprint density at radius 1 is 1.19 bits per heavy atom. The number of amides is 2. The van der Waals surface area contributed by atoms with Crippen molar-refractivity contribution in [2.45, 2.75) is 69.2 Å². The van der Waals surface area contributed by atoms with Crippen LogP contribution in [-0.4, -0.2) is 84.6 Å². The zero-order chi connectivity index (χ0) is 27.5. The SMILES string of the molecule is CCOC(=O)C1CCC2CN(NS(=O)(=O)c3ccccc3[N+](=O)[O-])CC(NC(=O)OC(C)(C)C)C(=O)N21. The summed E-state index contributed by atoms with van der Waals surface area (Å²) in [6.07, 6.45) is -0.241. The number of carbonyl (C=O) groups is 3. The number of nitro benzene ring substituents is 1. The number of sulfonamides is 1. The number of rotatable bonds is 7. The highest BCUT2D eigenvalue weighted by Gasteiger charge is 2.48. The van der Waals surface area contributed by atoms with Crippen LogP contribution in [0.5, 0.6) is 0 Å². The summed E-state index contributed by atoms with van der Waals surface area (Å²) >= 11 is 0. The maximum atomic E-state index is 13.5. The fourth-order valence-electron chi connectivity index (χ4n) is 4.36. The normalized spacial score (nSPS) is 22.6. The van der Waals surface area contributed by atoms with Crippen molar-refractivity contribution in [3.63, 3.8) is 0 Å². The second-order valence-electron chi connectivity index (χ2n) is 9.67. The van der Waals surface area contributed by atoms with Gasteiger partial charge in [-0.3, -0.25) is 14.9 Å². The third-order valence-electron chi connectivity index (χ3n) is 5.74. The number of benzene rings is 1. The predicted octanol–water partition coefficient (Wildman–Crippen LogP) is 0.920. The van der Waals surface area contributed by atoms with Gasteiger partial charge >= 0.3 is 12.1 Å². The molecule has 0 spiro atoms. The largest absolute Gasteiger partial charge is 0.464 e. The van der Waals surface area contributed by atoms with E-state index in [9.17, 15) is 32.9 Å². The van der Waals surface area contributed by atoms with Crippen LogP contribution in [0.3, 0.4) is 0 Å². The third kappa shape index (κ3) is 6.72. The van der Waals surface area contributed by atoms with Gasteiger partial charge < -0.3 is 19.7 Å². The fraction of sp³-hybridized carbons (Fsp3) is 0.591. The Kier molecular flexibility index (Phi) is 8.39. The number of nitrogens with zero attached hydrogens (tertiary/aromatic N) is 3. The van der Waals surface area contributed by atoms with Crippen LogP contribution in [0.2, 0.25) is 0 Å². The van der Waals surface area contributed by atoms with Gasteiger partial charge in [0.2, 0.25) is 5.91 Å². The van der Waals surface area contributed by atoms with Crippen LogP contribution >= 0.6 is 0 Å². The van der Waals surface area contributed by atoms with Gasteiger partial charge in [-0.2, -0.15) is 0 Å². The first kappa shape index (κ1) is 28.3. The molecule has 204 valence electrons. The Labute approximate surface area is 214 Å². The lowest BCUT2D eigenvalue weighted by atomic mass is 10.2. The van der Waals surface area contributed by atoms with E-state index in [4.69, 9.17) is 9.47 Å². The molecule has 0 radical (unpaired) electrons. The Morgan fingerprint density at radius 2 is 1.86 bits per heavy atom. The van der Waals surface area contributed by atoms with Gasteiger partial charge in [-0.05, 0) is 46.6 Å². The maximum absolute atomic E-state index is 13.5. The number of esters is 1. The summed E-state index contributed by atoms with van der Waals surface area (Å²) in [6.45, 7) is 6.32. The predicted molar refractivity (Wildman–Crippen MR) is 128 cm³/mol. The number of alkyl carbamates (subject to hydrolysis) is 1. The highest BCUT2D eigenvalue weighted by molar-refractivity contribution is 7.89. The van der Waals surface area contributed by atoms with E-state index in [1.165, 1.54) is 22.0 Å². The summed E-state index contributed by atoms with van der Waals surface area (Å²) in [6, 6.07) is 2.09. The minimum atomic E-state index is -4.45. The lowest BCUT2D eigenvalue weighted by Crippen LogP contribution is -2.55. The van der Waals surface area contributed by atoms with Crippen molar-refractivity contribution in [3.8, 4) is 0 Å². The molecule has 3 rings (SSSR count). The van der Waals surface area contributed by atoms with Gasteiger partial charge in [0.05, 0.1) is 11.5 Å². The molecule has 15 heteroatoms. The maximum Gasteiger partial charge on any atom is 0.408 e. The van der Waals surface area contributed by atoms with Gasteiger partial charge in [0.15, 0.2) is 4.90 Å². The highest BCUT2D eigenvalue weighted by atomic mass is 32.2. The smallest absolute Gasteiger partial charge is 0.408 e. The molecule has 2 saturated heterocycles. The number of hydrazine groups is 1. The van der Waals surface area contributed by atoms with Crippen LogP contribution in [0.15, 0.2) is 29.2 Å². The molecule has 0 saturated carbocycles. The highest BCUT2D eigenvalue weighted by Crippen LogP contribution is 2.30. The van der Waals surface area contributed by atoms with E-state index >= 15 is 0 Å². The van der Waals surface area contributed by atoms with Crippen LogP contribution in [0, 0.1) is 10.1 Å². The van der Waals surface area contributed by atoms with E-state index in [0.29, 0.717) is 12.8 Å². The molecule has 2 aliphatic rings. The number of nitro groups is 1. The van der Waals surface area contributed by atoms with E-state index in [1.807, 2.05) is 0 Å². The molecule has 37 heavy (non-hydrogen) atoms. The lowest BCUT2D eigenvalue weighted by molar-refractivity contribution is -0.387. The van der Waals surface area contributed by atoms with Crippen molar-refractivity contribution in [1.29, 1.82) is 0 Å². The molecule has 2 N–H and O–H groups in total. The molecule has 1 aromatic rings. The zero-order valence-electron chi connectivity index (χ0n) is 21.0. The van der Waals surface area contributed by atoms with Crippen LogP contribution in [0.25, 0.3) is 0 Å². The minimum absolute atomic E-state index is 0.0337. The molecule has 2 amide bonds. The van der Waals surface area contributed by atoms with E-state index in [0.717, 1.165) is 12.1 Å². The fourth-order valence-corrected chi connectivity index (χ4v) is 5.62. The van der Waals surface area contributed by atoms with Crippen molar-refractivity contribution >= 4 is 33.7 Å². The second-order valence-corrected chi connectivity index (χ2v) is 11.3. The summed E-state index contributed by atoms with van der Waals surface area (Å²) in [7, 11) is -4.45. The van der Waals surface area contributed by atoms with Crippen LogP contribution in [0.1, 0.15) is 40.5 Å². The molecular weight excluding hydrogens is 510 g/mol. The van der Waals surface area contributed by atoms with Crippen LogP contribution in [-0.2, 0) is 29.1 Å². The zero-order valence-corrected chi connectivity index (χ0v) is 21.8. The van der Waals surface area contributed by atoms with Gasteiger partial charge in [-0.25, -0.2) is 23.0 Å². The molecule has 2 fully saturated rings. The minimum Gasteiger partial charge on any atom is -0.464 e. The Morgan fingerprint density at radius 3 is 2.49 bits per heavy atom. The molecule has 0 bridgehead atoms. The molecule has 2 heterocycles. The average molecular weight is 542 g/mol. The number of hydrogen-bond donors (Lipinski definition) is 2. The van der Waals surface area contributed by atoms with Gasteiger partial charge in [-0.15, -0.1) is 4.83 Å². The lowest BCUT2D eigenvalue weighted by Gasteiger charge is -2.29. The third-order valence-corrected chi connectivity index (χ3v) is 7.16. The van der Waals surface area contributed by atoms with E-state index < -0.39 is 67.2 Å². The first-order valence-electron chi connectivity index (χ1n) is 11.7. The van der Waals surface area contributed by atoms with Gasteiger partial charge in [0.1, 0.15) is 17.7 Å². The van der Waals surface area contributed by atoms with Crippen molar-refractivity contribution in [1.82, 2.24) is 20.1 Å². The summed E-state index contributed by atoms with van der Waals surface area (Å²) < 4.78 is 36.7. The molecule has 3 unspecified atom stereocenters. The van der Waals surface area contributed by atoms with E-state index in [1.54, 1.807) is 27.7 Å². The summed E-state index contributed by atoms with van der Waals surface area (Å²) in [4.78, 5) is 52.2. The number of para-hydroxylation sites is 1. The van der Waals surface area contributed by atoms with Crippen molar-refractivity contribution in [2.75, 3.05) is 19.7 Å². The molecule has 1 aromatic carbocycles. The Hall–Kier alpha value is -3.30.